The molecule has 0 aromatic heterocycles. The third-order valence-electron chi connectivity index (χ3n) is 5.07. The Labute approximate surface area is 157 Å². The Morgan fingerprint density at radius 1 is 1.19 bits per heavy atom. The van der Waals surface area contributed by atoms with Gasteiger partial charge in [-0.05, 0) is 30.0 Å². The second-order valence-electron chi connectivity index (χ2n) is 7.37. The van der Waals surface area contributed by atoms with Crippen molar-refractivity contribution in [2.45, 2.75) is 45.3 Å². The number of benzene rings is 1. The van der Waals surface area contributed by atoms with Gasteiger partial charge in [-0.25, -0.2) is 0 Å². The van der Waals surface area contributed by atoms with Crippen LogP contribution in [-0.2, 0) is 16.1 Å². The number of nitrogens with zero attached hydrogens (tertiary/aromatic N) is 1. The van der Waals surface area contributed by atoms with Crippen LogP contribution in [0.25, 0.3) is 0 Å². The molecule has 144 valence electrons. The molecule has 4 N–H and O–H groups in total. The predicted octanol–water partition coefficient (Wildman–Crippen LogP) is 0.161. The van der Waals surface area contributed by atoms with Gasteiger partial charge in [0.05, 0.1) is 11.1 Å². The lowest BCUT2D eigenvalue weighted by Crippen LogP contribution is -2.54. The van der Waals surface area contributed by atoms with E-state index in [0.29, 0.717) is 19.0 Å². The SMILES string of the molecule is CC(C)[C@@H](N)CNCc1ccc2c(c1)C(=O)N(C1CCC(=O)NC1=O)C2=O. The molecule has 0 radical (unpaired) electrons. The highest BCUT2D eigenvalue weighted by molar-refractivity contribution is 6.23. The minimum atomic E-state index is -0.944. The number of nitrogens with two attached hydrogens (primary N) is 1. The molecule has 8 heteroatoms. The van der Waals surface area contributed by atoms with Gasteiger partial charge in [-0.1, -0.05) is 19.9 Å². The van der Waals surface area contributed by atoms with Gasteiger partial charge >= 0.3 is 0 Å². The minimum absolute atomic E-state index is 0.0330. The van der Waals surface area contributed by atoms with Gasteiger partial charge in [0, 0.05) is 25.6 Å². The molecule has 1 unspecified atom stereocenters. The first-order valence-electron chi connectivity index (χ1n) is 9.10. The van der Waals surface area contributed by atoms with Gasteiger partial charge in [-0.2, -0.15) is 0 Å². The van der Waals surface area contributed by atoms with Crippen molar-refractivity contribution in [3.8, 4) is 0 Å². The fourth-order valence-corrected chi connectivity index (χ4v) is 3.25. The number of hydrogen-bond acceptors (Lipinski definition) is 6. The summed E-state index contributed by atoms with van der Waals surface area (Å²) in [5, 5.41) is 5.44. The van der Waals surface area contributed by atoms with Crippen LogP contribution in [0.5, 0.6) is 0 Å². The number of hydrogen-bond donors (Lipinski definition) is 3. The lowest BCUT2D eigenvalue weighted by Gasteiger charge is -2.27. The van der Waals surface area contributed by atoms with E-state index in [0.717, 1.165) is 10.5 Å². The van der Waals surface area contributed by atoms with E-state index in [1.807, 2.05) is 0 Å². The Hall–Kier alpha value is -2.58. The first kappa shape index (κ1) is 19.2. The monoisotopic (exact) mass is 372 g/mol. The van der Waals surface area contributed by atoms with Gasteiger partial charge < -0.3 is 11.1 Å². The molecule has 2 atom stereocenters. The van der Waals surface area contributed by atoms with E-state index in [2.05, 4.69) is 24.5 Å². The summed E-state index contributed by atoms with van der Waals surface area (Å²) in [6.45, 7) is 5.27. The lowest BCUT2D eigenvalue weighted by molar-refractivity contribution is -0.136. The third kappa shape index (κ3) is 3.77. The molecule has 3 rings (SSSR count). The van der Waals surface area contributed by atoms with Crippen LogP contribution in [0.3, 0.4) is 0 Å². The Morgan fingerprint density at radius 2 is 1.89 bits per heavy atom. The van der Waals surface area contributed by atoms with Gasteiger partial charge in [0.2, 0.25) is 11.8 Å². The van der Waals surface area contributed by atoms with E-state index < -0.39 is 23.8 Å². The molecule has 1 aromatic carbocycles. The van der Waals surface area contributed by atoms with E-state index >= 15 is 0 Å². The van der Waals surface area contributed by atoms with E-state index in [1.54, 1.807) is 18.2 Å². The highest BCUT2D eigenvalue weighted by atomic mass is 16.2. The zero-order valence-corrected chi connectivity index (χ0v) is 15.5. The van der Waals surface area contributed by atoms with Gasteiger partial charge in [0.25, 0.3) is 11.8 Å². The van der Waals surface area contributed by atoms with Crippen molar-refractivity contribution in [2.75, 3.05) is 6.54 Å². The van der Waals surface area contributed by atoms with Crippen molar-refractivity contribution >= 4 is 23.6 Å². The number of piperidine rings is 1. The minimum Gasteiger partial charge on any atom is -0.326 e. The molecular formula is C19H24N4O4. The summed E-state index contributed by atoms with van der Waals surface area (Å²) in [6.07, 6.45) is 0.257. The molecule has 4 amide bonds. The van der Waals surface area contributed by atoms with E-state index in [-0.39, 0.29) is 35.9 Å². The number of amides is 4. The number of imide groups is 2. The third-order valence-corrected chi connectivity index (χ3v) is 5.07. The van der Waals surface area contributed by atoms with Crippen LogP contribution in [0, 0.1) is 5.92 Å². The average Bonchev–Trinajstić information content (AvgIpc) is 2.86. The topological polar surface area (TPSA) is 122 Å². The smallest absolute Gasteiger partial charge is 0.262 e. The highest BCUT2D eigenvalue weighted by Gasteiger charge is 2.44. The number of fused-ring (bicyclic) bond motifs is 1. The first-order chi connectivity index (χ1) is 12.8. The Kier molecular flexibility index (Phi) is 5.38. The van der Waals surface area contributed by atoms with E-state index in [9.17, 15) is 19.2 Å². The molecule has 0 spiro atoms. The lowest BCUT2D eigenvalue weighted by atomic mass is 10.0. The van der Waals surface area contributed by atoms with Gasteiger partial charge in [0.15, 0.2) is 0 Å². The maximum absolute atomic E-state index is 12.8. The zero-order chi connectivity index (χ0) is 19.7. The number of rotatable bonds is 6. The summed E-state index contributed by atoms with van der Waals surface area (Å²) >= 11 is 0. The van der Waals surface area contributed by atoms with Crippen molar-refractivity contribution < 1.29 is 19.2 Å². The van der Waals surface area contributed by atoms with Crippen molar-refractivity contribution in [3.63, 3.8) is 0 Å². The van der Waals surface area contributed by atoms with Gasteiger partial charge in [-0.3, -0.25) is 29.4 Å². The maximum Gasteiger partial charge on any atom is 0.262 e. The molecule has 1 saturated heterocycles. The average molecular weight is 372 g/mol. The molecule has 27 heavy (non-hydrogen) atoms. The summed E-state index contributed by atoms with van der Waals surface area (Å²) in [5.74, 6) is -1.62. The standard InChI is InChI=1S/C19H24N4O4/c1-10(2)14(20)9-21-8-11-3-4-12-13(7-11)19(27)23(18(12)26)15-5-6-16(24)22-17(15)25/h3-4,7,10,14-15,21H,5-6,8-9,20H2,1-2H3,(H,22,24,25)/t14-,15?/m0/s1. The predicted molar refractivity (Wildman–Crippen MR) is 97.6 cm³/mol. The zero-order valence-electron chi connectivity index (χ0n) is 15.5. The molecule has 2 heterocycles. The van der Waals surface area contributed by atoms with E-state index in [1.165, 1.54) is 0 Å². The molecule has 0 bridgehead atoms. The van der Waals surface area contributed by atoms with Crippen LogP contribution in [0.15, 0.2) is 18.2 Å². The Balaban J connectivity index is 1.73. The first-order valence-corrected chi connectivity index (χ1v) is 9.10. The molecule has 2 aliphatic rings. The van der Waals surface area contributed by atoms with Crippen molar-refractivity contribution in [1.82, 2.24) is 15.5 Å². The normalized spacial score (nSPS) is 20.9. The largest absolute Gasteiger partial charge is 0.326 e. The molecule has 8 nitrogen and oxygen atoms in total. The summed E-state index contributed by atoms with van der Waals surface area (Å²) in [7, 11) is 0. The van der Waals surface area contributed by atoms with Crippen LogP contribution in [0.2, 0.25) is 0 Å². The second kappa shape index (κ2) is 7.58. The van der Waals surface area contributed by atoms with Crippen LogP contribution in [0.4, 0.5) is 0 Å². The van der Waals surface area contributed by atoms with E-state index in [4.69, 9.17) is 5.73 Å². The summed E-state index contributed by atoms with van der Waals surface area (Å²) in [4.78, 5) is 49.7. The highest BCUT2D eigenvalue weighted by Crippen LogP contribution is 2.28. The van der Waals surface area contributed by atoms with Crippen LogP contribution in [-0.4, -0.2) is 47.2 Å². The molecular weight excluding hydrogens is 348 g/mol. The number of carbonyl (C=O) groups is 4. The van der Waals surface area contributed by atoms with Crippen LogP contribution < -0.4 is 16.4 Å². The van der Waals surface area contributed by atoms with Crippen molar-refractivity contribution in [2.24, 2.45) is 11.7 Å². The number of carbonyl (C=O) groups excluding carboxylic acids is 4. The summed E-state index contributed by atoms with van der Waals surface area (Å²) < 4.78 is 0. The van der Waals surface area contributed by atoms with Crippen molar-refractivity contribution in [1.29, 1.82) is 0 Å². The number of nitrogens with one attached hydrogen (secondary N) is 2. The molecule has 1 fully saturated rings. The van der Waals surface area contributed by atoms with Crippen molar-refractivity contribution in [3.05, 3.63) is 34.9 Å². The second-order valence-corrected chi connectivity index (χ2v) is 7.37. The van der Waals surface area contributed by atoms with Gasteiger partial charge in [0.1, 0.15) is 6.04 Å². The summed E-state index contributed by atoms with van der Waals surface area (Å²) in [5.41, 5.74) is 7.44. The molecule has 0 aliphatic carbocycles. The van der Waals surface area contributed by atoms with Crippen LogP contribution in [0.1, 0.15) is 53.0 Å². The Morgan fingerprint density at radius 3 is 2.56 bits per heavy atom. The quantitative estimate of drug-likeness (QED) is 0.612. The molecule has 1 aromatic rings. The van der Waals surface area contributed by atoms with Gasteiger partial charge in [-0.15, -0.1) is 0 Å². The summed E-state index contributed by atoms with van der Waals surface area (Å²) in [6, 6.07) is 4.16. The van der Waals surface area contributed by atoms with Crippen LogP contribution >= 0.6 is 0 Å². The fourth-order valence-electron chi connectivity index (χ4n) is 3.25. The fraction of sp³-hybridized carbons (Fsp3) is 0.474. The molecule has 2 aliphatic heterocycles. The Bertz CT molecular complexity index is 805. The maximum atomic E-state index is 12.8. The molecule has 0 saturated carbocycles.